The summed E-state index contributed by atoms with van der Waals surface area (Å²) in [7, 11) is 0. The molecule has 5 nitrogen and oxygen atoms in total. The van der Waals surface area contributed by atoms with E-state index in [1.54, 1.807) is 0 Å². The van der Waals surface area contributed by atoms with Crippen LogP contribution in [0.15, 0.2) is 123 Å². The second-order valence-electron chi connectivity index (χ2n) is 11.2. The molecule has 0 radical (unpaired) electrons. The van der Waals surface area contributed by atoms with E-state index in [1.165, 1.54) is 27.5 Å². The molecule has 0 saturated carbocycles. The van der Waals surface area contributed by atoms with Gasteiger partial charge in [0.1, 0.15) is 6.54 Å². The van der Waals surface area contributed by atoms with E-state index in [0.717, 1.165) is 45.2 Å². The van der Waals surface area contributed by atoms with Crippen LogP contribution in [0.25, 0.3) is 10.9 Å². The summed E-state index contributed by atoms with van der Waals surface area (Å²) in [4.78, 5) is 4.19. The summed E-state index contributed by atoms with van der Waals surface area (Å²) in [6.07, 6.45) is 32.4. The van der Waals surface area contributed by atoms with Crippen molar-refractivity contribution in [3.63, 3.8) is 0 Å². The van der Waals surface area contributed by atoms with Crippen molar-refractivity contribution in [2.24, 2.45) is 0 Å². The van der Waals surface area contributed by atoms with E-state index in [2.05, 4.69) is 129 Å². The molecule has 4 aromatic rings. The van der Waals surface area contributed by atoms with Gasteiger partial charge in [-0.2, -0.15) is 16.6 Å². The molecule has 5 heteroatoms. The van der Waals surface area contributed by atoms with Crippen LogP contribution in [0.1, 0.15) is 68.1 Å². The Kier molecular flexibility index (Phi) is 10.4. The SMILES string of the molecule is CCC[n+]1ccc(C(CCc2ccncc2)CC(C)c2cc[n+](CCC=[n+]3ccc(=C4C=C[N-]C=C4)cc3)cc2)cc1. The molecule has 1 aliphatic heterocycles. The predicted molar refractivity (Wildman–Crippen MR) is 168 cm³/mol. The number of rotatable bonds is 12. The van der Waals surface area contributed by atoms with Crippen LogP contribution in [0.4, 0.5) is 0 Å². The van der Waals surface area contributed by atoms with Gasteiger partial charge in [-0.15, -0.1) is 0 Å². The Labute approximate surface area is 250 Å². The molecule has 42 heavy (non-hydrogen) atoms. The Morgan fingerprint density at radius 2 is 1.43 bits per heavy atom. The highest BCUT2D eigenvalue weighted by atomic mass is 14.9. The van der Waals surface area contributed by atoms with Gasteiger partial charge in [-0.3, -0.25) is 4.98 Å². The first-order chi connectivity index (χ1) is 20.7. The van der Waals surface area contributed by atoms with Crippen LogP contribution in [0.2, 0.25) is 0 Å². The van der Waals surface area contributed by atoms with Crippen molar-refractivity contribution in [1.29, 1.82) is 0 Å². The van der Waals surface area contributed by atoms with Crippen molar-refractivity contribution in [2.75, 3.05) is 0 Å². The lowest BCUT2D eigenvalue weighted by molar-refractivity contribution is -0.698. The normalized spacial score (nSPS) is 13.9. The molecule has 2 unspecified atom stereocenters. The first kappa shape index (κ1) is 29.1. The second-order valence-corrected chi connectivity index (χ2v) is 11.2. The Bertz CT molecular complexity index is 1550. The lowest BCUT2D eigenvalue weighted by Crippen LogP contribution is -2.33. The summed E-state index contributed by atoms with van der Waals surface area (Å²) < 4.78 is 6.71. The maximum absolute atomic E-state index is 4.19. The second kappa shape index (κ2) is 15.0. The Balaban J connectivity index is 1.20. The van der Waals surface area contributed by atoms with Gasteiger partial charge in [0, 0.05) is 55.2 Å². The smallest absolute Gasteiger partial charge is 0.174 e. The molecule has 1 aliphatic rings. The number of nitrogens with zero attached hydrogens (tertiary/aromatic N) is 5. The molecule has 4 aromatic heterocycles. The summed E-state index contributed by atoms with van der Waals surface area (Å²) in [5.41, 5.74) is 5.39. The van der Waals surface area contributed by atoms with Crippen molar-refractivity contribution in [3.8, 4) is 0 Å². The Morgan fingerprint density at radius 1 is 0.786 bits per heavy atom. The number of aromatic nitrogens is 4. The molecule has 0 aromatic carbocycles. The van der Waals surface area contributed by atoms with Crippen LogP contribution in [0, 0.1) is 6.21 Å². The third-order valence-electron chi connectivity index (χ3n) is 8.12. The van der Waals surface area contributed by atoms with Gasteiger partial charge in [0.15, 0.2) is 49.9 Å². The fraction of sp³-hybridized carbons (Fsp3) is 0.297. The number of aryl methyl sites for hydroxylation is 3. The monoisotopic (exact) mass is 557 g/mol. The van der Waals surface area contributed by atoms with E-state index in [4.69, 9.17) is 0 Å². The minimum Gasteiger partial charge on any atom is -0.670 e. The molecule has 0 fully saturated rings. The fourth-order valence-electron chi connectivity index (χ4n) is 5.62. The minimum absolute atomic E-state index is 0.478. The summed E-state index contributed by atoms with van der Waals surface area (Å²) in [6.45, 7) is 6.62. The number of hydrogen-bond donors (Lipinski definition) is 0. The molecule has 0 amide bonds. The quantitative estimate of drug-likeness (QED) is 0.199. The average molecular weight is 558 g/mol. The molecule has 0 aliphatic carbocycles. The van der Waals surface area contributed by atoms with E-state index in [-0.39, 0.29) is 0 Å². The molecule has 0 spiro atoms. The van der Waals surface area contributed by atoms with Crippen LogP contribution in [-0.4, -0.2) is 4.98 Å². The zero-order chi connectivity index (χ0) is 29.0. The Hall–Kier alpha value is -4.38. The molecule has 0 N–H and O–H groups in total. The summed E-state index contributed by atoms with van der Waals surface area (Å²) in [5, 5.41) is 5.31. The lowest BCUT2D eigenvalue weighted by Gasteiger charge is -2.21. The van der Waals surface area contributed by atoms with Crippen molar-refractivity contribution in [2.45, 2.75) is 70.9 Å². The lowest BCUT2D eigenvalue weighted by atomic mass is 9.83. The van der Waals surface area contributed by atoms with Crippen molar-refractivity contribution >= 4 is 5.57 Å². The standard InChI is InChI=1S/C37H43N5/c1-3-21-40-26-15-36(16-27-40)37(6-5-32-7-17-38-18-8-32)30-31(2)33-11-24-41(25-12-33)22-4-23-42-28-13-35(14-29-42)34-9-19-39-20-10-34/h7-20,23-29,31,37H,3-6,21-22,30H2,1-2H3/q+2. The molecule has 214 valence electrons. The zero-order valence-electron chi connectivity index (χ0n) is 25.0. The Morgan fingerprint density at radius 3 is 2.10 bits per heavy atom. The zero-order valence-corrected chi connectivity index (χ0v) is 25.0. The number of pyridine rings is 4. The average Bonchev–Trinajstić information content (AvgIpc) is 3.05. The molecule has 2 atom stereocenters. The molecule has 0 saturated heterocycles. The number of allylic oxidation sites excluding steroid dienone is 2. The van der Waals surface area contributed by atoms with Crippen molar-refractivity contribution < 1.29 is 13.4 Å². The fourth-order valence-corrected chi connectivity index (χ4v) is 5.62. The number of hydrogen-bond acceptors (Lipinski definition) is 1. The third kappa shape index (κ3) is 8.32. The van der Waals surface area contributed by atoms with Crippen LogP contribution in [0.3, 0.4) is 0 Å². The van der Waals surface area contributed by atoms with Crippen LogP contribution in [-0.2, 0) is 19.5 Å². The van der Waals surface area contributed by atoms with Gasteiger partial charge in [0.05, 0.1) is 6.42 Å². The summed E-state index contributed by atoms with van der Waals surface area (Å²) >= 11 is 0. The maximum Gasteiger partial charge on any atom is 0.174 e. The highest BCUT2D eigenvalue weighted by Gasteiger charge is 2.19. The van der Waals surface area contributed by atoms with Gasteiger partial charge < -0.3 is 5.32 Å². The van der Waals surface area contributed by atoms with Gasteiger partial charge in [-0.1, -0.05) is 26.0 Å². The third-order valence-corrected chi connectivity index (χ3v) is 8.12. The predicted octanol–water partition coefficient (Wildman–Crippen LogP) is 5.93. The van der Waals surface area contributed by atoms with Gasteiger partial charge in [0.2, 0.25) is 0 Å². The molecule has 0 bridgehead atoms. The van der Waals surface area contributed by atoms with Crippen molar-refractivity contribution in [1.82, 2.24) is 4.98 Å². The van der Waals surface area contributed by atoms with Gasteiger partial charge >= 0.3 is 0 Å². The summed E-state index contributed by atoms with van der Waals surface area (Å²) in [5.74, 6) is 0.986. The van der Waals surface area contributed by atoms with Crippen LogP contribution >= 0.6 is 0 Å². The molecular weight excluding hydrogens is 514 g/mol. The first-order valence-electron chi connectivity index (χ1n) is 15.3. The van der Waals surface area contributed by atoms with Gasteiger partial charge in [-0.25, -0.2) is 9.13 Å². The van der Waals surface area contributed by atoms with Crippen molar-refractivity contribution in [3.05, 3.63) is 156 Å². The molecular formula is C37H43N5+2. The van der Waals surface area contributed by atoms with Crippen LogP contribution in [0.5, 0.6) is 0 Å². The van der Waals surface area contributed by atoms with E-state index < -0.39 is 0 Å². The highest BCUT2D eigenvalue weighted by Crippen LogP contribution is 2.32. The van der Waals surface area contributed by atoms with Gasteiger partial charge in [-0.05, 0) is 70.7 Å². The maximum atomic E-state index is 4.19. The highest BCUT2D eigenvalue weighted by molar-refractivity contribution is 5.69. The minimum atomic E-state index is 0.478. The van der Waals surface area contributed by atoms with Gasteiger partial charge in [0.25, 0.3) is 0 Å². The van der Waals surface area contributed by atoms with E-state index >= 15 is 0 Å². The van der Waals surface area contributed by atoms with E-state index in [1.807, 2.05) is 36.9 Å². The molecule has 5 rings (SSSR count). The largest absolute Gasteiger partial charge is 0.670 e. The topological polar surface area (TPSA) is 40.7 Å². The first-order valence-corrected chi connectivity index (χ1v) is 15.3. The van der Waals surface area contributed by atoms with Crippen LogP contribution < -0.4 is 18.6 Å². The summed E-state index contributed by atoms with van der Waals surface area (Å²) in [6, 6.07) is 17.9. The van der Waals surface area contributed by atoms with E-state index in [0.29, 0.717) is 11.8 Å². The molecule has 5 heterocycles. The van der Waals surface area contributed by atoms with E-state index in [9.17, 15) is 0 Å².